The summed E-state index contributed by atoms with van der Waals surface area (Å²) in [6, 6.07) is 13.8. The number of nitrogens with one attached hydrogen (secondary N) is 1. The molecule has 146 valence electrons. The molecule has 0 amide bonds. The van der Waals surface area contributed by atoms with Crippen molar-refractivity contribution in [2.75, 3.05) is 7.05 Å². The lowest BCUT2D eigenvalue weighted by Crippen LogP contribution is -2.48. The number of aromatic nitrogens is 1. The largest absolute Gasteiger partial charge is 0.392 e. The fraction of sp³-hybridized carbons (Fsp3) is 0.346. The van der Waals surface area contributed by atoms with Crippen LogP contribution in [0.25, 0.3) is 11.3 Å². The first-order valence-electron chi connectivity index (χ1n) is 10.4. The summed E-state index contributed by atoms with van der Waals surface area (Å²) >= 11 is 0. The van der Waals surface area contributed by atoms with Gasteiger partial charge in [-0.3, -0.25) is 0 Å². The highest BCUT2D eigenvalue weighted by atomic mass is 15.0. The Hall–Kier alpha value is -2.61. The van der Waals surface area contributed by atoms with Crippen LogP contribution in [0, 0.1) is 6.92 Å². The number of hydrogen-bond acceptors (Lipinski definition) is 1. The van der Waals surface area contributed by atoms with Gasteiger partial charge in [0.15, 0.2) is 12.2 Å². The van der Waals surface area contributed by atoms with Crippen molar-refractivity contribution in [2.24, 2.45) is 0 Å². The van der Waals surface area contributed by atoms with Crippen LogP contribution in [0.4, 0.5) is 0 Å². The number of hydrogen-bond donors (Lipinski definition) is 1. The van der Waals surface area contributed by atoms with E-state index in [0.717, 1.165) is 31.4 Å². The van der Waals surface area contributed by atoms with E-state index in [1.54, 1.807) is 0 Å². The Kier molecular flexibility index (Phi) is 6.51. The summed E-state index contributed by atoms with van der Waals surface area (Å²) in [4.78, 5) is 0. The SMILES string of the molecule is C=C/C=C(\CC)CCC1C(CC(=C)NC)c2ccccc2-c2ccc(C)c[n+]21. The van der Waals surface area contributed by atoms with Crippen LogP contribution in [0.1, 0.15) is 55.7 Å². The molecule has 2 nitrogen and oxygen atoms in total. The zero-order valence-electron chi connectivity index (χ0n) is 17.5. The fourth-order valence-electron chi connectivity index (χ4n) is 4.42. The predicted molar refractivity (Wildman–Crippen MR) is 119 cm³/mol. The molecule has 2 atom stereocenters. The molecule has 1 N–H and O–H groups in total. The number of fused-ring (bicyclic) bond motifs is 3. The van der Waals surface area contributed by atoms with Crippen LogP contribution in [0.2, 0.25) is 0 Å². The Bertz CT molecular complexity index is 891. The molecule has 0 saturated carbocycles. The predicted octanol–water partition coefficient (Wildman–Crippen LogP) is 6.01. The van der Waals surface area contributed by atoms with E-state index in [2.05, 4.69) is 85.6 Å². The van der Waals surface area contributed by atoms with E-state index >= 15 is 0 Å². The fourth-order valence-corrected chi connectivity index (χ4v) is 4.42. The van der Waals surface area contributed by atoms with E-state index in [4.69, 9.17) is 0 Å². The molecule has 3 rings (SSSR count). The molecule has 0 fully saturated rings. The Labute approximate surface area is 170 Å². The molecule has 0 aliphatic carbocycles. The molecule has 1 aromatic carbocycles. The topological polar surface area (TPSA) is 15.9 Å². The minimum absolute atomic E-state index is 0.412. The maximum Gasteiger partial charge on any atom is 0.213 e. The van der Waals surface area contributed by atoms with Crippen LogP contribution >= 0.6 is 0 Å². The highest BCUT2D eigenvalue weighted by Crippen LogP contribution is 2.43. The van der Waals surface area contributed by atoms with Crippen molar-refractivity contribution in [2.45, 2.75) is 51.5 Å². The van der Waals surface area contributed by atoms with E-state index in [9.17, 15) is 0 Å². The van der Waals surface area contributed by atoms with Crippen LogP contribution in [-0.4, -0.2) is 7.05 Å². The van der Waals surface area contributed by atoms with Crippen LogP contribution in [0.5, 0.6) is 0 Å². The second-order valence-corrected chi connectivity index (χ2v) is 7.77. The van der Waals surface area contributed by atoms with Gasteiger partial charge in [-0.25, -0.2) is 0 Å². The molecule has 1 aliphatic heterocycles. The maximum absolute atomic E-state index is 4.24. The third-order valence-electron chi connectivity index (χ3n) is 5.97. The van der Waals surface area contributed by atoms with Crippen molar-refractivity contribution in [1.82, 2.24) is 5.32 Å². The summed E-state index contributed by atoms with van der Waals surface area (Å²) < 4.78 is 2.52. The van der Waals surface area contributed by atoms with Crippen molar-refractivity contribution in [1.29, 1.82) is 0 Å². The summed E-state index contributed by atoms with van der Waals surface area (Å²) in [5.74, 6) is 0.414. The van der Waals surface area contributed by atoms with E-state index in [1.807, 2.05) is 13.1 Å². The first-order valence-corrected chi connectivity index (χ1v) is 10.4. The number of nitrogens with zero attached hydrogens (tertiary/aromatic N) is 1. The highest BCUT2D eigenvalue weighted by Gasteiger charge is 2.39. The quantitative estimate of drug-likeness (QED) is 0.442. The Balaban J connectivity index is 2.07. The monoisotopic (exact) mass is 373 g/mol. The molecule has 2 unspecified atom stereocenters. The summed E-state index contributed by atoms with van der Waals surface area (Å²) in [7, 11) is 1.97. The molecule has 0 radical (unpaired) electrons. The van der Waals surface area contributed by atoms with Gasteiger partial charge in [0.25, 0.3) is 0 Å². The first kappa shape index (κ1) is 20.1. The zero-order valence-corrected chi connectivity index (χ0v) is 17.5. The molecule has 2 heterocycles. The number of benzene rings is 1. The van der Waals surface area contributed by atoms with Gasteiger partial charge in [0, 0.05) is 36.4 Å². The van der Waals surface area contributed by atoms with Crippen molar-refractivity contribution < 1.29 is 4.57 Å². The molecule has 0 bridgehead atoms. The van der Waals surface area contributed by atoms with Crippen LogP contribution in [-0.2, 0) is 0 Å². The maximum atomic E-state index is 4.24. The van der Waals surface area contributed by atoms with Crippen molar-refractivity contribution >= 4 is 0 Å². The smallest absolute Gasteiger partial charge is 0.213 e. The molecule has 1 aromatic heterocycles. The zero-order chi connectivity index (χ0) is 20.1. The molecule has 1 aliphatic rings. The Morgan fingerprint density at radius 1 is 1.21 bits per heavy atom. The van der Waals surface area contributed by atoms with Crippen molar-refractivity contribution in [3.8, 4) is 11.3 Å². The Morgan fingerprint density at radius 3 is 2.71 bits per heavy atom. The number of rotatable bonds is 8. The number of pyridine rings is 1. The molecular formula is C26H33N2+. The van der Waals surface area contributed by atoms with E-state index in [1.165, 1.54) is 28.0 Å². The minimum atomic E-state index is 0.412. The molecule has 28 heavy (non-hydrogen) atoms. The number of allylic oxidation sites excluding steroid dienone is 4. The summed E-state index contributed by atoms with van der Waals surface area (Å²) in [6.07, 6.45) is 10.7. The lowest BCUT2D eigenvalue weighted by Gasteiger charge is -2.31. The average Bonchev–Trinajstić information content (AvgIpc) is 2.72. The number of aryl methyl sites for hydroxylation is 1. The van der Waals surface area contributed by atoms with Gasteiger partial charge in [-0.05, 0) is 43.9 Å². The second kappa shape index (κ2) is 9.05. The van der Waals surface area contributed by atoms with Gasteiger partial charge in [0.2, 0.25) is 5.69 Å². The average molecular weight is 374 g/mol. The van der Waals surface area contributed by atoms with Crippen molar-refractivity contribution in [3.05, 3.63) is 90.3 Å². The van der Waals surface area contributed by atoms with E-state index in [0.29, 0.717) is 12.0 Å². The van der Waals surface area contributed by atoms with Gasteiger partial charge < -0.3 is 5.32 Å². The first-order chi connectivity index (χ1) is 13.6. The van der Waals surface area contributed by atoms with Crippen LogP contribution in [0.3, 0.4) is 0 Å². The Morgan fingerprint density at radius 2 is 2.00 bits per heavy atom. The molecule has 0 saturated heterocycles. The van der Waals surface area contributed by atoms with E-state index < -0.39 is 0 Å². The van der Waals surface area contributed by atoms with Crippen LogP contribution in [0.15, 0.2) is 79.2 Å². The van der Waals surface area contributed by atoms with Gasteiger partial charge in [-0.15, -0.1) is 0 Å². The summed E-state index contributed by atoms with van der Waals surface area (Å²) in [5.41, 5.74) is 7.98. The molecular weight excluding hydrogens is 340 g/mol. The lowest BCUT2D eigenvalue weighted by molar-refractivity contribution is -0.719. The highest BCUT2D eigenvalue weighted by molar-refractivity contribution is 5.63. The lowest BCUT2D eigenvalue weighted by atomic mass is 9.78. The molecule has 0 spiro atoms. The van der Waals surface area contributed by atoms with Gasteiger partial charge >= 0.3 is 0 Å². The summed E-state index contributed by atoms with van der Waals surface area (Å²) in [6.45, 7) is 12.5. The van der Waals surface area contributed by atoms with Crippen LogP contribution < -0.4 is 9.88 Å². The minimum Gasteiger partial charge on any atom is -0.392 e. The summed E-state index contributed by atoms with van der Waals surface area (Å²) in [5, 5.41) is 3.27. The normalized spacial score (nSPS) is 18.2. The second-order valence-electron chi connectivity index (χ2n) is 7.77. The van der Waals surface area contributed by atoms with Crippen molar-refractivity contribution in [3.63, 3.8) is 0 Å². The third-order valence-corrected chi connectivity index (χ3v) is 5.97. The molecule has 2 heteroatoms. The van der Waals surface area contributed by atoms with Gasteiger partial charge in [-0.2, -0.15) is 4.57 Å². The van der Waals surface area contributed by atoms with Gasteiger partial charge in [0.05, 0.1) is 5.92 Å². The van der Waals surface area contributed by atoms with E-state index in [-0.39, 0.29) is 0 Å². The van der Waals surface area contributed by atoms with Gasteiger partial charge in [-0.1, -0.05) is 56.0 Å². The third kappa shape index (κ3) is 4.11. The standard InChI is InChI=1S/C26H33N2/c1-6-10-21(7-2)14-16-26-24(17-20(4)27-5)22-11-8-9-12-23(22)25-15-13-19(3)18-28(25)26/h6,8-13,15,18,24,26-27H,1,4,7,14,16-17H2,2-3,5H3/q+1/b21-10+. The van der Waals surface area contributed by atoms with Gasteiger partial charge in [0.1, 0.15) is 0 Å². The molecule has 2 aromatic rings.